The van der Waals surface area contributed by atoms with Crippen LogP contribution in [0.2, 0.25) is 0 Å². The molecule has 1 saturated heterocycles. The Morgan fingerprint density at radius 3 is 2.47 bits per heavy atom. The minimum Gasteiger partial charge on any atom is -0.490 e. The van der Waals surface area contributed by atoms with Gasteiger partial charge in [0.1, 0.15) is 11.9 Å². The molecule has 1 N–H and O–H groups in total. The molecule has 1 heterocycles. The van der Waals surface area contributed by atoms with Gasteiger partial charge in [-0.2, -0.15) is 0 Å². The van der Waals surface area contributed by atoms with E-state index < -0.39 is 5.97 Å². The zero-order valence-electron chi connectivity index (χ0n) is 11.6. The third-order valence-electron chi connectivity index (χ3n) is 3.39. The standard InChI is InChI=1S/C15H20O4/c1-9-6-12(4-5-14(9)15(16)17)19-13-7-10(2)18-11(3)8-13/h4-6,10-11,13H,7-8H2,1-3H3,(H,16,17). The van der Waals surface area contributed by atoms with Crippen molar-refractivity contribution in [2.24, 2.45) is 0 Å². The van der Waals surface area contributed by atoms with Crippen LogP contribution >= 0.6 is 0 Å². The van der Waals surface area contributed by atoms with E-state index in [2.05, 4.69) is 0 Å². The first-order valence-electron chi connectivity index (χ1n) is 6.61. The molecule has 0 amide bonds. The minimum absolute atomic E-state index is 0.133. The van der Waals surface area contributed by atoms with E-state index in [1.54, 1.807) is 25.1 Å². The number of benzene rings is 1. The van der Waals surface area contributed by atoms with Crippen LogP contribution in [0, 0.1) is 6.92 Å². The molecular formula is C15H20O4. The zero-order valence-corrected chi connectivity index (χ0v) is 11.6. The zero-order chi connectivity index (χ0) is 14.0. The molecule has 2 atom stereocenters. The lowest BCUT2D eigenvalue weighted by molar-refractivity contribution is -0.0721. The highest BCUT2D eigenvalue weighted by molar-refractivity contribution is 5.89. The molecule has 1 aromatic carbocycles. The number of aryl methyl sites for hydroxylation is 1. The normalized spacial score (nSPS) is 27.0. The van der Waals surface area contributed by atoms with Gasteiger partial charge in [-0.25, -0.2) is 4.79 Å². The quantitative estimate of drug-likeness (QED) is 0.911. The molecule has 2 unspecified atom stereocenters. The van der Waals surface area contributed by atoms with E-state index in [4.69, 9.17) is 14.6 Å². The Hall–Kier alpha value is -1.55. The molecule has 0 bridgehead atoms. The van der Waals surface area contributed by atoms with E-state index in [1.165, 1.54) is 0 Å². The number of carbonyl (C=O) groups is 1. The van der Waals surface area contributed by atoms with Gasteiger partial charge in [-0.1, -0.05) is 0 Å². The second-order valence-corrected chi connectivity index (χ2v) is 5.25. The maximum atomic E-state index is 11.0. The molecule has 104 valence electrons. The predicted octanol–water partition coefficient (Wildman–Crippen LogP) is 3.03. The number of hydrogen-bond acceptors (Lipinski definition) is 3. The van der Waals surface area contributed by atoms with Crippen LogP contribution in [0.5, 0.6) is 5.75 Å². The lowest BCUT2D eigenvalue weighted by Crippen LogP contribution is -2.35. The maximum Gasteiger partial charge on any atom is 0.335 e. The average Bonchev–Trinajstić information content (AvgIpc) is 2.26. The molecule has 4 nitrogen and oxygen atoms in total. The molecule has 0 saturated carbocycles. The summed E-state index contributed by atoms with van der Waals surface area (Å²) in [5.74, 6) is -0.175. The fourth-order valence-corrected chi connectivity index (χ4v) is 2.58. The highest BCUT2D eigenvalue weighted by Gasteiger charge is 2.25. The average molecular weight is 264 g/mol. The summed E-state index contributed by atoms with van der Waals surface area (Å²) >= 11 is 0. The van der Waals surface area contributed by atoms with Crippen LogP contribution in [-0.2, 0) is 4.74 Å². The van der Waals surface area contributed by atoms with E-state index >= 15 is 0 Å². The van der Waals surface area contributed by atoms with E-state index in [0.29, 0.717) is 5.56 Å². The summed E-state index contributed by atoms with van der Waals surface area (Å²) in [5, 5.41) is 8.99. The van der Waals surface area contributed by atoms with Crippen molar-refractivity contribution in [2.45, 2.75) is 51.9 Å². The van der Waals surface area contributed by atoms with Gasteiger partial charge in [-0.15, -0.1) is 0 Å². The third-order valence-corrected chi connectivity index (χ3v) is 3.39. The van der Waals surface area contributed by atoms with E-state index in [1.807, 2.05) is 13.8 Å². The SMILES string of the molecule is Cc1cc(OC2CC(C)OC(C)C2)ccc1C(=O)O. The molecular weight excluding hydrogens is 244 g/mol. The molecule has 1 aliphatic rings. The smallest absolute Gasteiger partial charge is 0.335 e. The van der Waals surface area contributed by atoms with Gasteiger partial charge in [0.15, 0.2) is 0 Å². The third kappa shape index (κ3) is 3.47. The van der Waals surface area contributed by atoms with Gasteiger partial charge in [-0.3, -0.25) is 0 Å². The van der Waals surface area contributed by atoms with Crippen LogP contribution in [0.15, 0.2) is 18.2 Å². The molecule has 0 spiro atoms. The number of hydrogen-bond donors (Lipinski definition) is 1. The van der Waals surface area contributed by atoms with Gasteiger partial charge in [0.05, 0.1) is 17.8 Å². The maximum absolute atomic E-state index is 11.0. The molecule has 1 fully saturated rings. The van der Waals surface area contributed by atoms with Gasteiger partial charge in [-0.05, 0) is 44.5 Å². The van der Waals surface area contributed by atoms with Gasteiger partial charge in [0, 0.05) is 12.8 Å². The Morgan fingerprint density at radius 2 is 1.95 bits per heavy atom. The number of ether oxygens (including phenoxy) is 2. The van der Waals surface area contributed by atoms with Crippen molar-refractivity contribution in [1.29, 1.82) is 0 Å². The molecule has 4 heteroatoms. The predicted molar refractivity (Wildman–Crippen MR) is 71.8 cm³/mol. The van der Waals surface area contributed by atoms with Crippen molar-refractivity contribution < 1.29 is 19.4 Å². The van der Waals surface area contributed by atoms with Crippen molar-refractivity contribution in [3.8, 4) is 5.75 Å². The van der Waals surface area contributed by atoms with Crippen LogP contribution in [0.3, 0.4) is 0 Å². The Labute approximate surface area is 113 Å². The molecule has 1 aromatic rings. The van der Waals surface area contributed by atoms with E-state index in [9.17, 15) is 4.79 Å². The summed E-state index contributed by atoms with van der Waals surface area (Å²) in [5.41, 5.74) is 1.04. The second-order valence-electron chi connectivity index (χ2n) is 5.25. The van der Waals surface area contributed by atoms with E-state index in [-0.39, 0.29) is 18.3 Å². The van der Waals surface area contributed by atoms with Crippen LogP contribution in [0.25, 0.3) is 0 Å². The first kappa shape index (κ1) is 13.9. The van der Waals surface area contributed by atoms with Crippen molar-refractivity contribution in [1.82, 2.24) is 0 Å². The monoisotopic (exact) mass is 264 g/mol. The topological polar surface area (TPSA) is 55.8 Å². The van der Waals surface area contributed by atoms with Gasteiger partial charge < -0.3 is 14.6 Å². The van der Waals surface area contributed by atoms with Crippen molar-refractivity contribution in [3.05, 3.63) is 29.3 Å². The van der Waals surface area contributed by atoms with Gasteiger partial charge in [0.25, 0.3) is 0 Å². The van der Waals surface area contributed by atoms with Gasteiger partial charge in [0.2, 0.25) is 0 Å². The van der Waals surface area contributed by atoms with E-state index in [0.717, 1.165) is 24.2 Å². The Balaban J connectivity index is 2.07. The summed E-state index contributed by atoms with van der Waals surface area (Å²) < 4.78 is 11.6. The number of carboxylic acids is 1. The summed E-state index contributed by atoms with van der Waals surface area (Å²) in [7, 11) is 0. The number of rotatable bonds is 3. The highest BCUT2D eigenvalue weighted by atomic mass is 16.5. The fraction of sp³-hybridized carbons (Fsp3) is 0.533. The second kappa shape index (κ2) is 5.61. The molecule has 0 aromatic heterocycles. The first-order valence-corrected chi connectivity index (χ1v) is 6.61. The molecule has 0 aliphatic carbocycles. The lowest BCUT2D eigenvalue weighted by Gasteiger charge is -2.32. The van der Waals surface area contributed by atoms with Crippen LogP contribution in [0.1, 0.15) is 42.6 Å². The Kier molecular flexibility index (Phi) is 4.10. The Bertz CT molecular complexity index is 459. The number of carboxylic acid groups (broad SMARTS) is 1. The van der Waals surface area contributed by atoms with Crippen LogP contribution in [-0.4, -0.2) is 29.4 Å². The molecule has 19 heavy (non-hydrogen) atoms. The highest BCUT2D eigenvalue weighted by Crippen LogP contribution is 2.25. The van der Waals surface area contributed by atoms with Gasteiger partial charge >= 0.3 is 5.97 Å². The fourth-order valence-electron chi connectivity index (χ4n) is 2.58. The lowest BCUT2D eigenvalue weighted by atomic mass is 10.0. The van der Waals surface area contributed by atoms with Crippen molar-refractivity contribution in [3.63, 3.8) is 0 Å². The number of aromatic carboxylic acids is 1. The van der Waals surface area contributed by atoms with Crippen LogP contribution in [0.4, 0.5) is 0 Å². The first-order chi connectivity index (χ1) is 8.95. The van der Waals surface area contributed by atoms with Crippen molar-refractivity contribution >= 4 is 5.97 Å². The summed E-state index contributed by atoms with van der Waals surface area (Å²) in [6.45, 7) is 5.88. The summed E-state index contributed by atoms with van der Waals surface area (Å²) in [4.78, 5) is 11.0. The van der Waals surface area contributed by atoms with Crippen molar-refractivity contribution in [2.75, 3.05) is 0 Å². The van der Waals surface area contributed by atoms with Crippen LogP contribution < -0.4 is 4.74 Å². The molecule has 1 aliphatic heterocycles. The minimum atomic E-state index is -0.905. The summed E-state index contributed by atoms with van der Waals surface area (Å²) in [6.07, 6.45) is 2.27. The molecule has 0 radical (unpaired) electrons. The Morgan fingerprint density at radius 1 is 1.32 bits per heavy atom. The molecule has 2 rings (SSSR count). The largest absolute Gasteiger partial charge is 0.490 e. The summed E-state index contributed by atoms with van der Waals surface area (Å²) in [6, 6.07) is 5.11.